The first-order chi connectivity index (χ1) is 6.80. The molecule has 82 valence electrons. The van der Waals surface area contributed by atoms with E-state index in [2.05, 4.69) is 5.32 Å². The first-order valence-electron chi connectivity index (χ1n) is 4.92. The van der Waals surface area contributed by atoms with Crippen LogP contribution in [0.15, 0.2) is 23.1 Å². The Balaban J connectivity index is 2.66. The van der Waals surface area contributed by atoms with Crippen molar-refractivity contribution < 1.29 is 8.42 Å². The predicted octanol–water partition coefficient (Wildman–Crippen LogP) is 1.97. The molecule has 0 fully saturated rings. The summed E-state index contributed by atoms with van der Waals surface area (Å²) in [7, 11) is -3.13. The van der Waals surface area contributed by atoms with Crippen molar-refractivity contribution in [3.8, 4) is 0 Å². The Bertz CT molecular complexity index is 503. The van der Waals surface area contributed by atoms with Gasteiger partial charge in [0.1, 0.15) is 0 Å². The first-order valence-corrected chi connectivity index (χ1v) is 6.57. The maximum atomic E-state index is 12.0. The number of anilines is 1. The van der Waals surface area contributed by atoms with Crippen LogP contribution in [0.2, 0.25) is 0 Å². The zero-order valence-corrected chi connectivity index (χ0v) is 9.98. The van der Waals surface area contributed by atoms with Crippen molar-refractivity contribution in [3.63, 3.8) is 0 Å². The normalized spacial score (nSPS) is 21.5. The molecule has 4 heteroatoms. The van der Waals surface area contributed by atoms with Crippen LogP contribution in [-0.4, -0.2) is 19.7 Å². The van der Waals surface area contributed by atoms with Gasteiger partial charge in [0.2, 0.25) is 0 Å². The van der Waals surface area contributed by atoms with E-state index in [4.69, 9.17) is 0 Å². The predicted molar refractivity (Wildman–Crippen MR) is 60.9 cm³/mol. The molecule has 1 N–H and O–H groups in total. The van der Waals surface area contributed by atoms with Crippen LogP contribution in [0.1, 0.15) is 19.4 Å². The fourth-order valence-electron chi connectivity index (χ4n) is 1.94. The molecule has 1 aliphatic rings. The van der Waals surface area contributed by atoms with Crippen LogP contribution in [0.3, 0.4) is 0 Å². The molecule has 0 bridgehead atoms. The Kier molecular flexibility index (Phi) is 2.08. The van der Waals surface area contributed by atoms with Crippen LogP contribution in [-0.2, 0) is 9.84 Å². The first kappa shape index (κ1) is 10.5. The molecular weight excluding hydrogens is 210 g/mol. The number of rotatable bonds is 0. The van der Waals surface area contributed by atoms with E-state index in [0.29, 0.717) is 4.90 Å². The quantitative estimate of drug-likeness (QED) is 0.734. The minimum atomic E-state index is -3.13. The fourth-order valence-corrected chi connectivity index (χ4v) is 3.94. The van der Waals surface area contributed by atoms with E-state index in [1.54, 1.807) is 6.07 Å². The summed E-state index contributed by atoms with van der Waals surface area (Å²) in [6.45, 7) is 5.69. The second-order valence-electron chi connectivity index (χ2n) is 4.77. The van der Waals surface area contributed by atoms with Crippen LogP contribution >= 0.6 is 0 Å². The maximum absolute atomic E-state index is 12.0. The number of benzene rings is 1. The molecule has 1 aromatic rings. The van der Waals surface area contributed by atoms with E-state index in [1.807, 2.05) is 32.9 Å². The van der Waals surface area contributed by atoms with Crippen LogP contribution in [0.25, 0.3) is 0 Å². The molecular formula is C11H15NO2S. The zero-order valence-electron chi connectivity index (χ0n) is 9.16. The van der Waals surface area contributed by atoms with E-state index >= 15 is 0 Å². The van der Waals surface area contributed by atoms with Gasteiger partial charge in [0.25, 0.3) is 0 Å². The highest BCUT2D eigenvalue weighted by Crippen LogP contribution is 2.33. The van der Waals surface area contributed by atoms with Crippen LogP contribution in [0.4, 0.5) is 5.69 Å². The highest BCUT2D eigenvalue weighted by atomic mass is 32.2. The fraction of sp³-hybridized carbons (Fsp3) is 0.455. The number of aryl methyl sites for hydroxylation is 1. The van der Waals surface area contributed by atoms with Crippen molar-refractivity contribution in [2.24, 2.45) is 0 Å². The van der Waals surface area contributed by atoms with Crippen molar-refractivity contribution in [1.29, 1.82) is 0 Å². The van der Waals surface area contributed by atoms with E-state index in [0.717, 1.165) is 11.3 Å². The SMILES string of the molecule is Cc1ccc2c(c1)S(=O)(=O)CC(C)(C)N2. The third-order valence-electron chi connectivity index (χ3n) is 2.50. The molecule has 0 radical (unpaired) electrons. The van der Waals surface area contributed by atoms with Crippen molar-refractivity contribution in [1.82, 2.24) is 0 Å². The Hall–Kier alpha value is -1.03. The second kappa shape index (κ2) is 2.98. The number of fused-ring (bicyclic) bond motifs is 1. The van der Waals surface area contributed by atoms with Gasteiger partial charge < -0.3 is 5.32 Å². The van der Waals surface area contributed by atoms with E-state index in [1.165, 1.54) is 0 Å². The maximum Gasteiger partial charge on any atom is 0.182 e. The van der Waals surface area contributed by atoms with Crippen LogP contribution in [0, 0.1) is 6.92 Å². The minimum absolute atomic E-state index is 0.149. The summed E-state index contributed by atoms with van der Waals surface area (Å²) < 4.78 is 24.0. The molecule has 1 aliphatic heterocycles. The smallest absolute Gasteiger partial charge is 0.182 e. The molecule has 0 atom stereocenters. The molecule has 1 heterocycles. The Morgan fingerprint density at radius 1 is 1.33 bits per heavy atom. The highest BCUT2D eigenvalue weighted by molar-refractivity contribution is 7.91. The molecule has 0 saturated carbocycles. The van der Waals surface area contributed by atoms with Gasteiger partial charge in [-0.15, -0.1) is 0 Å². The van der Waals surface area contributed by atoms with E-state index < -0.39 is 9.84 Å². The van der Waals surface area contributed by atoms with Gasteiger partial charge in [-0.05, 0) is 38.5 Å². The van der Waals surface area contributed by atoms with Gasteiger partial charge in [0.15, 0.2) is 9.84 Å². The standard InChI is InChI=1S/C11H15NO2S/c1-8-4-5-9-10(6-8)15(13,14)7-11(2,3)12-9/h4-6,12H,7H2,1-3H3. The summed E-state index contributed by atoms with van der Waals surface area (Å²) in [5, 5.41) is 3.24. The van der Waals surface area contributed by atoms with Gasteiger partial charge in [-0.1, -0.05) is 6.07 Å². The summed E-state index contributed by atoms with van der Waals surface area (Å²) in [5.74, 6) is 0.149. The van der Waals surface area contributed by atoms with Crippen molar-refractivity contribution in [2.45, 2.75) is 31.2 Å². The van der Waals surface area contributed by atoms with Crippen molar-refractivity contribution >= 4 is 15.5 Å². The van der Waals surface area contributed by atoms with Crippen LogP contribution < -0.4 is 5.32 Å². The highest BCUT2D eigenvalue weighted by Gasteiger charge is 2.34. The molecule has 1 aromatic carbocycles. The summed E-state index contributed by atoms with van der Waals surface area (Å²) in [4.78, 5) is 0.432. The Morgan fingerprint density at radius 2 is 2.00 bits per heavy atom. The molecule has 0 unspecified atom stereocenters. The second-order valence-corrected chi connectivity index (χ2v) is 6.73. The molecule has 0 saturated heterocycles. The van der Waals surface area contributed by atoms with Gasteiger partial charge >= 0.3 is 0 Å². The van der Waals surface area contributed by atoms with Gasteiger partial charge in [0.05, 0.1) is 16.3 Å². The lowest BCUT2D eigenvalue weighted by atomic mass is 10.1. The molecule has 2 rings (SSSR count). The van der Waals surface area contributed by atoms with Gasteiger partial charge in [0, 0.05) is 5.54 Å². The monoisotopic (exact) mass is 225 g/mol. The average Bonchev–Trinajstić information content (AvgIpc) is 2.03. The van der Waals surface area contributed by atoms with Gasteiger partial charge in [-0.3, -0.25) is 0 Å². The van der Waals surface area contributed by atoms with E-state index in [9.17, 15) is 8.42 Å². The average molecular weight is 225 g/mol. The van der Waals surface area contributed by atoms with E-state index in [-0.39, 0.29) is 11.3 Å². The number of sulfone groups is 1. The van der Waals surface area contributed by atoms with Gasteiger partial charge in [-0.2, -0.15) is 0 Å². The summed E-state index contributed by atoms with van der Waals surface area (Å²) in [6, 6.07) is 5.48. The van der Waals surface area contributed by atoms with Crippen LogP contribution in [0.5, 0.6) is 0 Å². The number of hydrogen-bond acceptors (Lipinski definition) is 3. The minimum Gasteiger partial charge on any atom is -0.378 e. The molecule has 0 aliphatic carbocycles. The number of hydrogen-bond donors (Lipinski definition) is 1. The Labute approximate surface area is 90.4 Å². The number of nitrogens with one attached hydrogen (secondary N) is 1. The largest absolute Gasteiger partial charge is 0.378 e. The molecule has 3 nitrogen and oxygen atoms in total. The lowest BCUT2D eigenvalue weighted by molar-refractivity contribution is 0.556. The Morgan fingerprint density at radius 3 is 2.67 bits per heavy atom. The molecule has 0 spiro atoms. The lowest BCUT2D eigenvalue weighted by Gasteiger charge is -2.33. The third-order valence-corrected chi connectivity index (χ3v) is 4.61. The topological polar surface area (TPSA) is 46.2 Å². The summed E-state index contributed by atoms with van der Waals surface area (Å²) in [5.41, 5.74) is 1.30. The molecule has 0 amide bonds. The lowest BCUT2D eigenvalue weighted by Crippen LogP contribution is -2.42. The summed E-state index contributed by atoms with van der Waals surface area (Å²) >= 11 is 0. The summed E-state index contributed by atoms with van der Waals surface area (Å²) in [6.07, 6.45) is 0. The zero-order chi connectivity index (χ0) is 11.3. The van der Waals surface area contributed by atoms with Gasteiger partial charge in [-0.25, -0.2) is 8.42 Å². The van der Waals surface area contributed by atoms with Crippen molar-refractivity contribution in [2.75, 3.05) is 11.1 Å². The molecule has 15 heavy (non-hydrogen) atoms. The third kappa shape index (κ3) is 1.86. The van der Waals surface area contributed by atoms with Crippen molar-refractivity contribution in [3.05, 3.63) is 23.8 Å². The molecule has 0 aromatic heterocycles.